The molecule has 0 bridgehead atoms. The van der Waals surface area contributed by atoms with Crippen LogP contribution in [0.1, 0.15) is 25.7 Å². The van der Waals surface area contributed by atoms with Crippen LogP contribution in [0.4, 0.5) is 0 Å². The van der Waals surface area contributed by atoms with Crippen LogP contribution in [0, 0.1) is 5.41 Å². The lowest BCUT2D eigenvalue weighted by Gasteiger charge is -2.36. The van der Waals surface area contributed by atoms with Crippen LogP contribution in [-0.4, -0.2) is 52.6 Å². The van der Waals surface area contributed by atoms with Crippen molar-refractivity contribution in [3.8, 4) is 0 Å². The third-order valence-corrected chi connectivity index (χ3v) is 3.50. The van der Waals surface area contributed by atoms with E-state index in [0.717, 1.165) is 19.3 Å². The monoisotopic (exact) mass is 274 g/mol. The second-order valence-electron chi connectivity index (χ2n) is 4.58. The van der Waals surface area contributed by atoms with Crippen LogP contribution in [0.15, 0.2) is 0 Å². The first-order valence-corrected chi connectivity index (χ1v) is 6.40. The van der Waals surface area contributed by atoms with Crippen molar-refractivity contribution < 1.29 is 28.5 Å². The van der Waals surface area contributed by atoms with Crippen molar-refractivity contribution in [2.75, 3.05) is 34.5 Å². The van der Waals surface area contributed by atoms with Crippen molar-refractivity contribution in [3.63, 3.8) is 0 Å². The van der Waals surface area contributed by atoms with Gasteiger partial charge in [0.15, 0.2) is 5.41 Å². The highest BCUT2D eigenvalue weighted by atomic mass is 16.6. The smallest absolute Gasteiger partial charge is 0.326 e. The minimum Gasteiger partial charge on any atom is -0.468 e. The number of methoxy groups -OCH3 is 3. The topological polar surface area (TPSA) is 71.1 Å². The Balaban J connectivity index is 3.14. The average molecular weight is 274 g/mol. The predicted molar refractivity (Wildman–Crippen MR) is 66.5 cm³/mol. The Morgan fingerprint density at radius 1 is 1.11 bits per heavy atom. The van der Waals surface area contributed by atoms with Gasteiger partial charge in [-0.1, -0.05) is 12.8 Å². The number of esters is 2. The quantitative estimate of drug-likeness (QED) is 0.561. The summed E-state index contributed by atoms with van der Waals surface area (Å²) in [6.45, 7) is 0.633. The van der Waals surface area contributed by atoms with Crippen LogP contribution in [0.2, 0.25) is 0 Å². The summed E-state index contributed by atoms with van der Waals surface area (Å²) < 4.78 is 20.4. The summed E-state index contributed by atoms with van der Waals surface area (Å²) in [7, 11) is 4.02. The number of hydrogen-bond acceptors (Lipinski definition) is 6. The zero-order valence-corrected chi connectivity index (χ0v) is 11.8. The van der Waals surface area contributed by atoms with E-state index in [-0.39, 0.29) is 6.61 Å². The second kappa shape index (κ2) is 7.45. The van der Waals surface area contributed by atoms with Crippen molar-refractivity contribution in [1.29, 1.82) is 0 Å². The Labute approximate surface area is 113 Å². The van der Waals surface area contributed by atoms with E-state index in [9.17, 15) is 9.59 Å². The molecule has 0 N–H and O–H groups in total. The first kappa shape index (κ1) is 15.9. The van der Waals surface area contributed by atoms with Gasteiger partial charge in [0, 0.05) is 13.7 Å². The fourth-order valence-electron chi connectivity index (χ4n) is 2.47. The van der Waals surface area contributed by atoms with E-state index in [1.807, 2.05) is 0 Å². The van der Waals surface area contributed by atoms with Crippen molar-refractivity contribution >= 4 is 11.9 Å². The van der Waals surface area contributed by atoms with Crippen LogP contribution < -0.4 is 0 Å². The van der Waals surface area contributed by atoms with Gasteiger partial charge in [-0.3, -0.25) is 9.59 Å². The molecule has 6 nitrogen and oxygen atoms in total. The molecule has 6 heteroatoms. The van der Waals surface area contributed by atoms with Gasteiger partial charge >= 0.3 is 11.9 Å². The van der Waals surface area contributed by atoms with Crippen LogP contribution in [0.3, 0.4) is 0 Å². The van der Waals surface area contributed by atoms with E-state index in [0.29, 0.717) is 13.0 Å². The highest BCUT2D eigenvalue weighted by molar-refractivity contribution is 6.00. The van der Waals surface area contributed by atoms with Gasteiger partial charge in [-0.25, -0.2) is 0 Å². The molecule has 1 atom stereocenters. The maximum Gasteiger partial charge on any atom is 0.326 e. The van der Waals surface area contributed by atoms with Crippen LogP contribution in [-0.2, 0) is 28.5 Å². The van der Waals surface area contributed by atoms with E-state index in [2.05, 4.69) is 0 Å². The molecule has 0 aromatic heterocycles. The third-order valence-electron chi connectivity index (χ3n) is 3.50. The Bertz CT molecular complexity index is 298. The Morgan fingerprint density at radius 2 is 1.74 bits per heavy atom. The fourth-order valence-corrected chi connectivity index (χ4v) is 2.47. The highest BCUT2D eigenvalue weighted by Crippen LogP contribution is 2.36. The molecule has 0 saturated carbocycles. The summed E-state index contributed by atoms with van der Waals surface area (Å²) >= 11 is 0. The largest absolute Gasteiger partial charge is 0.468 e. The normalized spacial score (nSPS) is 23.0. The van der Waals surface area contributed by atoms with Gasteiger partial charge in [-0.05, 0) is 12.8 Å². The van der Waals surface area contributed by atoms with Crippen LogP contribution in [0.5, 0.6) is 0 Å². The fraction of sp³-hybridized carbons (Fsp3) is 0.846. The Kier molecular flexibility index (Phi) is 6.24. The summed E-state index contributed by atoms with van der Waals surface area (Å²) in [5.74, 6) is -1.24. The minimum atomic E-state index is -1.43. The lowest BCUT2D eigenvalue weighted by molar-refractivity contribution is -0.188. The second-order valence-corrected chi connectivity index (χ2v) is 4.58. The zero-order chi connectivity index (χ0) is 14.3. The molecule has 1 aliphatic rings. The molecule has 1 heterocycles. The number of carbonyl (C=O) groups is 2. The van der Waals surface area contributed by atoms with Gasteiger partial charge in [-0.2, -0.15) is 0 Å². The molecular weight excluding hydrogens is 252 g/mol. The number of rotatable bonds is 4. The van der Waals surface area contributed by atoms with Gasteiger partial charge < -0.3 is 18.9 Å². The Hall–Kier alpha value is -1.14. The zero-order valence-electron chi connectivity index (χ0n) is 11.8. The molecule has 0 radical (unpaired) electrons. The average Bonchev–Trinajstić information content (AvgIpc) is 2.41. The van der Waals surface area contributed by atoms with E-state index in [4.69, 9.17) is 18.9 Å². The van der Waals surface area contributed by atoms with Crippen molar-refractivity contribution in [2.45, 2.75) is 31.8 Å². The van der Waals surface area contributed by atoms with E-state index in [1.54, 1.807) is 0 Å². The number of ether oxygens (including phenoxy) is 4. The first-order valence-electron chi connectivity index (χ1n) is 6.40. The van der Waals surface area contributed by atoms with E-state index >= 15 is 0 Å². The lowest BCUT2D eigenvalue weighted by Crippen LogP contribution is -2.53. The summed E-state index contributed by atoms with van der Waals surface area (Å²) in [6.07, 6.45) is 2.21. The molecule has 1 aliphatic heterocycles. The van der Waals surface area contributed by atoms with Gasteiger partial charge in [0.1, 0.15) is 6.10 Å². The summed E-state index contributed by atoms with van der Waals surface area (Å²) in [4.78, 5) is 24.4. The van der Waals surface area contributed by atoms with Gasteiger partial charge in [-0.15, -0.1) is 0 Å². The molecule has 19 heavy (non-hydrogen) atoms. The van der Waals surface area contributed by atoms with Crippen molar-refractivity contribution in [2.24, 2.45) is 5.41 Å². The highest BCUT2D eigenvalue weighted by Gasteiger charge is 2.55. The first-order chi connectivity index (χ1) is 9.13. The van der Waals surface area contributed by atoms with Crippen LogP contribution >= 0.6 is 0 Å². The molecule has 0 aromatic carbocycles. The molecule has 1 saturated heterocycles. The van der Waals surface area contributed by atoms with Crippen molar-refractivity contribution in [1.82, 2.24) is 0 Å². The minimum absolute atomic E-state index is 0.143. The SMILES string of the molecule is COCC1OCCCCCC1(C(=O)OC)C(=O)OC. The molecule has 1 fully saturated rings. The van der Waals surface area contributed by atoms with E-state index in [1.165, 1.54) is 21.3 Å². The molecule has 110 valence electrons. The van der Waals surface area contributed by atoms with Crippen LogP contribution in [0.25, 0.3) is 0 Å². The molecular formula is C13H22O6. The van der Waals surface area contributed by atoms with Gasteiger partial charge in [0.25, 0.3) is 0 Å². The maximum absolute atomic E-state index is 12.2. The maximum atomic E-state index is 12.2. The third kappa shape index (κ3) is 3.25. The standard InChI is InChI=1S/C13H22O6/c1-16-9-10-13(11(14)17-2,12(15)18-3)7-5-4-6-8-19-10/h10H,4-9H2,1-3H3. The van der Waals surface area contributed by atoms with Crippen molar-refractivity contribution in [3.05, 3.63) is 0 Å². The molecule has 0 aliphatic carbocycles. The Morgan fingerprint density at radius 3 is 2.26 bits per heavy atom. The van der Waals surface area contributed by atoms with Gasteiger partial charge in [0.05, 0.1) is 20.8 Å². The molecule has 0 spiro atoms. The summed E-state index contributed by atoms with van der Waals surface area (Å²) in [5, 5.41) is 0. The predicted octanol–water partition coefficient (Wildman–Crippen LogP) is 0.924. The molecule has 1 unspecified atom stereocenters. The molecule has 0 amide bonds. The molecule has 0 aromatic rings. The van der Waals surface area contributed by atoms with E-state index < -0.39 is 23.5 Å². The number of hydrogen-bond donors (Lipinski definition) is 0. The van der Waals surface area contributed by atoms with Gasteiger partial charge in [0.2, 0.25) is 0 Å². The summed E-state index contributed by atoms with van der Waals surface area (Å²) in [5.41, 5.74) is -1.43. The molecule has 1 rings (SSSR count). The summed E-state index contributed by atoms with van der Waals surface area (Å²) in [6, 6.07) is 0. The lowest BCUT2D eigenvalue weighted by atomic mass is 9.76. The number of carbonyl (C=O) groups excluding carboxylic acids is 2.